The molecule has 0 saturated heterocycles. The van der Waals surface area contributed by atoms with Crippen LogP contribution in [-0.2, 0) is 23.0 Å². The van der Waals surface area contributed by atoms with E-state index in [0.717, 1.165) is 33.6 Å². The van der Waals surface area contributed by atoms with Crippen molar-refractivity contribution in [2.75, 3.05) is 13.7 Å². The Morgan fingerprint density at radius 3 is 2.23 bits per heavy atom. The number of aromatic hydroxyl groups is 1. The Morgan fingerprint density at radius 1 is 0.968 bits per heavy atom. The molecule has 0 radical (unpaired) electrons. The number of phenols is 1. The molecule has 0 amide bonds. The van der Waals surface area contributed by atoms with Crippen molar-refractivity contribution in [1.82, 2.24) is 4.31 Å². The zero-order chi connectivity index (χ0) is 22.3. The number of hydrogen-bond donors (Lipinski definition) is 1. The van der Waals surface area contributed by atoms with E-state index in [1.165, 1.54) is 4.31 Å². The molecule has 6 heteroatoms. The summed E-state index contributed by atoms with van der Waals surface area (Å²) in [5.41, 5.74) is 6.31. The van der Waals surface area contributed by atoms with Crippen molar-refractivity contribution in [2.24, 2.45) is 0 Å². The van der Waals surface area contributed by atoms with E-state index in [-0.39, 0.29) is 17.2 Å². The van der Waals surface area contributed by atoms with E-state index < -0.39 is 10.0 Å². The van der Waals surface area contributed by atoms with Crippen molar-refractivity contribution >= 4 is 10.0 Å². The maximum absolute atomic E-state index is 13.2. The molecule has 1 heterocycles. The van der Waals surface area contributed by atoms with Gasteiger partial charge in [0.1, 0.15) is 11.5 Å². The van der Waals surface area contributed by atoms with E-state index in [2.05, 4.69) is 0 Å². The van der Waals surface area contributed by atoms with Gasteiger partial charge in [0.05, 0.1) is 12.0 Å². The summed E-state index contributed by atoms with van der Waals surface area (Å²) in [5.74, 6) is 0.921. The number of phenolic OH excluding ortho intramolecular Hbond substituents is 1. The largest absolute Gasteiger partial charge is 0.507 e. The fourth-order valence-corrected chi connectivity index (χ4v) is 5.73. The van der Waals surface area contributed by atoms with E-state index in [9.17, 15) is 13.5 Å². The number of hydrogen-bond acceptors (Lipinski definition) is 4. The molecule has 3 aromatic rings. The van der Waals surface area contributed by atoms with Crippen LogP contribution >= 0.6 is 0 Å². The second kappa shape index (κ2) is 8.02. The first kappa shape index (κ1) is 21.4. The number of sulfonamides is 1. The average Bonchev–Trinajstić information content (AvgIpc) is 2.74. The molecule has 0 atom stereocenters. The summed E-state index contributed by atoms with van der Waals surface area (Å²) in [7, 11) is -2.00. The summed E-state index contributed by atoms with van der Waals surface area (Å²) >= 11 is 0. The van der Waals surface area contributed by atoms with Crippen molar-refractivity contribution in [1.29, 1.82) is 0 Å². The van der Waals surface area contributed by atoms with Crippen LogP contribution in [0.4, 0.5) is 0 Å². The van der Waals surface area contributed by atoms with Gasteiger partial charge in [-0.05, 0) is 73.7 Å². The lowest BCUT2D eigenvalue weighted by Gasteiger charge is -2.29. The molecule has 0 saturated carbocycles. The van der Waals surface area contributed by atoms with Gasteiger partial charge < -0.3 is 9.84 Å². The fraction of sp³-hybridized carbons (Fsp3) is 0.280. The second-order valence-electron chi connectivity index (χ2n) is 8.14. The van der Waals surface area contributed by atoms with E-state index in [4.69, 9.17) is 4.74 Å². The van der Waals surface area contributed by atoms with Gasteiger partial charge in [-0.2, -0.15) is 4.31 Å². The Balaban J connectivity index is 1.75. The van der Waals surface area contributed by atoms with Crippen molar-refractivity contribution in [2.45, 2.75) is 38.6 Å². The lowest BCUT2D eigenvalue weighted by atomic mass is 9.90. The smallest absolute Gasteiger partial charge is 0.243 e. The maximum Gasteiger partial charge on any atom is 0.243 e. The maximum atomic E-state index is 13.2. The zero-order valence-electron chi connectivity index (χ0n) is 18.3. The van der Waals surface area contributed by atoms with Crippen molar-refractivity contribution in [3.8, 4) is 22.6 Å². The third-order valence-electron chi connectivity index (χ3n) is 6.01. The highest BCUT2D eigenvalue weighted by Gasteiger charge is 2.30. The molecular formula is C25H27NO4S. The molecule has 1 aliphatic heterocycles. The van der Waals surface area contributed by atoms with E-state index >= 15 is 0 Å². The zero-order valence-corrected chi connectivity index (χ0v) is 19.1. The SMILES string of the molecule is COc1cc(C)c(-c2ccc3c(c2O)CN(S(=O)(=O)c2ccc(C)cc2)CC3)c(C)c1. The van der Waals surface area contributed by atoms with Gasteiger partial charge in [-0.15, -0.1) is 0 Å². The molecule has 162 valence electrons. The minimum Gasteiger partial charge on any atom is -0.507 e. The second-order valence-corrected chi connectivity index (χ2v) is 10.1. The van der Waals surface area contributed by atoms with Crippen LogP contribution in [0.3, 0.4) is 0 Å². The third-order valence-corrected chi connectivity index (χ3v) is 7.87. The van der Waals surface area contributed by atoms with Gasteiger partial charge in [-0.25, -0.2) is 8.42 Å². The molecule has 0 spiro atoms. The number of aryl methyl sites for hydroxylation is 3. The molecule has 4 rings (SSSR count). The number of benzene rings is 3. The van der Waals surface area contributed by atoms with Gasteiger partial charge in [0.2, 0.25) is 10.0 Å². The normalized spacial score (nSPS) is 14.3. The fourth-order valence-electron chi connectivity index (χ4n) is 4.32. The van der Waals surface area contributed by atoms with Crippen molar-refractivity contribution in [3.05, 3.63) is 76.3 Å². The predicted octanol–water partition coefficient (Wildman–Crippen LogP) is 4.74. The highest BCUT2D eigenvalue weighted by atomic mass is 32.2. The number of fused-ring (bicyclic) bond motifs is 1. The van der Waals surface area contributed by atoms with E-state index in [1.807, 2.05) is 45.0 Å². The van der Waals surface area contributed by atoms with Crippen LogP contribution in [-0.4, -0.2) is 31.5 Å². The van der Waals surface area contributed by atoms with E-state index in [0.29, 0.717) is 24.1 Å². The number of rotatable bonds is 4. The summed E-state index contributed by atoms with van der Waals surface area (Å²) in [6.45, 7) is 6.44. The lowest BCUT2D eigenvalue weighted by Crippen LogP contribution is -2.36. The summed E-state index contributed by atoms with van der Waals surface area (Å²) in [4.78, 5) is 0.277. The highest BCUT2D eigenvalue weighted by Crippen LogP contribution is 2.41. The molecule has 5 nitrogen and oxygen atoms in total. The first-order valence-corrected chi connectivity index (χ1v) is 11.7. The molecular weight excluding hydrogens is 410 g/mol. The topological polar surface area (TPSA) is 66.8 Å². The Hall–Kier alpha value is -2.83. The monoisotopic (exact) mass is 437 g/mol. The number of methoxy groups -OCH3 is 1. The van der Waals surface area contributed by atoms with Crippen LogP contribution in [0.5, 0.6) is 11.5 Å². The number of ether oxygens (including phenoxy) is 1. The van der Waals surface area contributed by atoms with Gasteiger partial charge >= 0.3 is 0 Å². The Labute approximate surface area is 184 Å². The molecule has 3 aromatic carbocycles. The average molecular weight is 438 g/mol. The molecule has 0 aliphatic carbocycles. The highest BCUT2D eigenvalue weighted by molar-refractivity contribution is 7.89. The first-order valence-electron chi connectivity index (χ1n) is 10.3. The summed E-state index contributed by atoms with van der Waals surface area (Å²) in [6, 6.07) is 14.7. The molecule has 0 unspecified atom stereocenters. The van der Waals surface area contributed by atoms with Crippen LogP contribution in [0.2, 0.25) is 0 Å². The molecule has 0 fully saturated rings. The first-order chi connectivity index (χ1) is 14.7. The standard InChI is InChI=1S/C25H27NO4S/c1-16-5-8-21(9-6-16)31(28,29)26-12-11-19-7-10-22(25(27)23(19)15-26)24-17(2)13-20(30-4)14-18(24)3/h5-10,13-14,27H,11-12,15H2,1-4H3. The molecule has 1 N–H and O–H groups in total. The minimum atomic E-state index is -3.64. The van der Waals surface area contributed by atoms with Gasteiger partial charge in [-0.3, -0.25) is 0 Å². The van der Waals surface area contributed by atoms with E-state index in [1.54, 1.807) is 31.4 Å². The summed E-state index contributed by atoms with van der Waals surface area (Å²) in [6.07, 6.45) is 0.564. The van der Waals surface area contributed by atoms with Crippen LogP contribution in [0.1, 0.15) is 27.8 Å². The molecule has 31 heavy (non-hydrogen) atoms. The molecule has 0 bridgehead atoms. The third kappa shape index (κ3) is 3.82. The van der Waals surface area contributed by atoms with Gasteiger partial charge in [0.15, 0.2) is 0 Å². The van der Waals surface area contributed by atoms with Crippen LogP contribution in [0, 0.1) is 20.8 Å². The number of nitrogens with zero attached hydrogens (tertiary/aromatic N) is 1. The summed E-state index contributed by atoms with van der Waals surface area (Å²) < 4.78 is 33.2. The Kier molecular flexibility index (Phi) is 5.54. The van der Waals surface area contributed by atoms with Crippen molar-refractivity contribution < 1.29 is 18.3 Å². The van der Waals surface area contributed by atoms with Crippen LogP contribution < -0.4 is 4.74 Å². The lowest BCUT2D eigenvalue weighted by molar-refractivity contribution is 0.376. The van der Waals surface area contributed by atoms with Crippen LogP contribution in [0.25, 0.3) is 11.1 Å². The Bertz CT molecular complexity index is 1220. The predicted molar refractivity (Wildman–Crippen MR) is 122 cm³/mol. The molecule has 0 aromatic heterocycles. The molecule has 1 aliphatic rings. The van der Waals surface area contributed by atoms with Gasteiger partial charge in [0, 0.05) is 24.2 Å². The van der Waals surface area contributed by atoms with Gasteiger partial charge in [0.25, 0.3) is 0 Å². The van der Waals surface area contributed by atoms with Crippen LogP contribution in [0.15, 0.2) is 53.4 Å². The van der Waals surface area contributed by atoms with Crippen molar-refractivity contribution in [3.63, 3.8) is 0 Å². The Morgan fingerprint density at radius 2 is 1.61 bits per heavy atom. The quantitative estimate of drug-likeness (QED) is 0.640. The minimum absolute atomic E-state index is 0.151. The van der Waals surface area contributed by atoms with Gasteiger partial charge in [-0.1, -0.05) is 29.8 Å². The summed E-state index contributed by atoms with van der Waals surface area (Å²) in [5, 5.41) is 11.2.